The molecule has 0 spiro atoms. The molecule has 1 N–H and O–H groups in total. The number of fused-ring (bicyclic) bond motifs is 2. The standard InChI is InChI=1S/C47H40N3O2.Pt/c1-46(2,3)35-17-18-41(51)39(27-35)45-50-44-38(24-33(26-42(44)52-45)29-12-8-7-9-13-29)31-15-10-14-30(22-31)37-25-34(23-32-16-11-20-49-43(32)37)40-28-36(19-21-48-40)47(4,5)6;/h7-21,23-28,51H,1-6H3;/q-1;. The Morgan fingerprint density at radius 2 is 1.26 bits per heavy atom. The summed E-state index contributed by atoms with van der Waals surface area (Å²) >= 11 is 0. The van der Waals surface area contributed by atoms with E-state index in [4.69, 9.17) is 19.4 Å². The molecule has 3 aromatic heterocycles. The number of oxazole rings is 1. The van der Waals surface area contributed by atoms with Gasteiger partial charge in [-0.2, -0.15) is 0 Å². The summed E-state index contributed by atoms with van der Waals surface area (Å²) in [7, 11) is 0. The molecule has 0 amide bonds. The van der Waals surface area contributed by atoms with E-state index in [1.807, 2.05) is 54.9 Å². The first kappa shape index (κ1) is 36.0. The van der Waals surface area contributed by atoms with Gasteiger partial charge in [0, 0.05) is 39.0 Å². The van der Waals surface area contributed by atoms with Gasteiger partial charge in [-0.1, -0.05) is 107 Å². The van der Waals surface area contributed by atoms with Gasteiger partial charge in [0.2, 0.25) is 5.89 Å². The predicted octanol–water partition coefficient (Wildman–Crippen LogP) is 12.2. The minimum Gasteiger partial charge on any atom is -0.507 e. The second kappa shape index (κ2) is 13.9. The molecule has 0 atom stereocenters. The third kappa shape index (κ3) is 7.06. The van der Waals surface area contributed by atoms with Gasteiger partial charge < -0.3 is 9.52 Å². The Labute approximate surface area is 325 Å². The molecule has 5 aromatic carbocycles. The molecule has 8 rings (SSSR count). The summed E-state index contributed by atoms with van der Waals surface area (Å²) in [6.07, 6.45) is 3.73. The van der Waals surface area contributed by atoms with Crippen LogP contribution < -0.4 is 0 Å². The molecule has 0 aliphatic rings. The molecule has 0 aliphatic carbocycles. The number of nitrogens with zero attached hydrogens (tertiary/aromatic N) is 3. The summed E-state index contributed by atoms with van der Waals surface area (Å²) in [5.41, 5.74) is 12.6. The van der Waals surface area contributed by atoms with E-state index < -0.39 is 0 Å². The molecular formula is C47H40N3O2Pt-. The van der Waals surface area contributed by atoms with E-state index >= 15 is 0 Å². The molecule has 6 heteroatoms. The Kier molecular flexibility index (Phi) is 9.42. The van der Waals surface area contributed by atoms with Gasteiger partial charge in [-0.25, -0.2) is 4.98 Å². The van der Waals surface area contributed by atoms with Crippen LogP contribution in [0.1, 0.15) is 52.7 Å². The summed E-state index contributed by atoms with van der Waals surface area (Å²) in [6, 6.07) is 42.7. The van der Waals surface area contributed by atoms with Crippen molar-refractivity contribution in [3.8, 4) is 61.8 Å². The van der Waals surface area contributed by atoms with Crippen molar-refractivity contribution in [3.05, 3.63) is 145 Å². The van der Waals surface area contributed by atoms with Crippen LogP contribution in [0.4, 0.5) is 0 Å². The first-order valence-electron chi connectivity index (χ1n) is 17.6. The van der Waals surface area contributed by atoms with Crippen LogP contribution in [0.3, 0.4) is 0 Å². The van der Waals surface area contributed by atoms with E-state index in [0.29, 0.717) is 22.6 Å². The van der Waals surface area contributed by atoms with Crippen LogP contribution in [0.25, 0.3) is 78.1 Å². The molecule has 0 saturated heterocycles. The zero-order valence-corrected chi connectivity index (χ0v) is 32.9. The molecule has 0 aliphatic heterocycles. The minimum atomic E-state index is -0.114. The predicted molar refractivity (Wildman–Crippen MR) is 212 cm³/mol. The maximum absolute atomic E-state index is 11.0. The molecule has 0 radical (unpaired) electrons. The SMILES string of the molecule is CC(C)(C)c1ccnc(-c2cc(-c3[c-]c(-c4cc(-c5ccccc5)cc5oc(-c6cc(C(C)(C)C)ccc6O)nc45)ccc3)c3ncccc3c2)c1.[Pt]. The van der Waals surface area contributed by atoms with Crippen molar-refractivity contribution in [2.24, 2.45) is 0 Å². The first-order valence-corrected chi connectivity index (χ1v) is 17.6. The molecule has 5 nitrogen and oxygen atoms in total. The summed E-state index contributed by atoms with van der Waals surface area (Å²) in [6.45, 7) is 13.1. The van der Waals surface area contributed by atoms with E-state index in [-0.39, 0.29) is 37.6 Å². The van der Waals surface area contributed by atoms with Crippen molar-refractivity contribution in [1.29, 1.82) is 0 Å². The maximum atomic E-state index is 11.0. The molecule has 266 valence electrons. The number of pyridine rings is 2. The molecule has 0 unspecified atom stereocenters. The van der Waals surface area contributed by atoms with Gasteiger partial charge in [0.05, 0.1) is 16.8 Å². The Bertz CT molecular complexity index is 2610. The maximum Gasteiger partial charge on any atom is 0.230 e. The Hall–Kier alpha value is -5.38. The van der Waals surface area contributed by atoms with Gasteiger partial charge in [-0.3, -0.25) is 9.97 Å². The third-order valence-electron chi connectivity index (χ3n) is 9.70. The molecule has 53 heavy (non-hydrogen) atoms. The normalized spacial score (nSPS) is 11.9. The average Bonchev–Trinajstić information content (AvgIpc) is 3.58. The van der Waals surface area contributed by atoms with Gasteiger partial charge in [-0.15, -0.1) is 35.4 Å². The molecule has 0 fully saturated rings. The number of phenolic OH excluding ortho intramolecular Hbond substituents is 1. The van der Waals surface area contributed by atoms with Crippen LogP contribution in [0.15, 0.2) is 132 Å². The molecule has 0 saturated carbocycles. The van der Waals surface area contributed by atoms with Gasteiger partial charge in [-0.05, 0) is 86.5 Å². The third-order valence-corrected chi connectivity index (χ3v) is 9.70. The van der Waals surface area contributed by atoms with Gasteiger partial charge in [0.15, 0.2) is 0 Å². The van der Waals surface area contributed by atoms with Crippen molar-refractivity contribution in [2.45, 2.75) is 52.4 Å². The number of aromatic nitrogens is 3. The molecule has 8 aromatic rings. The number of aromatic hydroxyl groups is 1. The van der Waals surface area contributed by atoms with E-state index in [9.17, 15) is 5.11 Å². The Morgan fingerprint density at radius 3 is 2.00 bits per heavy atom. The molecular weight excluding hydrogens is 834 g/mol. The second-order valence-corrected chi connectivity index (χ2v) is 15.5. The van der Waals surface area contributed by atoms with E-state index in [2.05, 4.69) is 114 Å². The zero-order chi connectivity index (χ0) is 36.2. The fraction of sp³-hybridized carbons (Fsp3) is 0.170. The summed E-state index contributed by atoms with van der Waals surface area (Å²) in [5, 5.41) is 12.0. The van der Waals surface area contributed by atoms with E-state index in [0.717, 1.165) is 61.1 Å². The van der Waals surface area contributed by atoms with E-state index in [1.54, 1.807) is 6.07 Å². The van der Waals surface area contributed by atoms with E-state index in [1.165, 1.54) is 5.56 Å². The smallest absolute Gasteiger partial charge is 0.230 e. The van der Waals surface area contributed by atoms with Gasteiger partial charge in [0.25, 0.3) is 0 Å². The van der Waals surface area contributed by atoms with Gasteiger partial charge >= 0.3 is 0 Å². The van der Waals surface area contributed by atoms with Crippen molar-refractivity contribution in [1.82, 2.24) is 15.0 Å². The number of benzene rings is 5. The molecule has 3 heterocycles. The fourth-order valence-corrected chi connectivity index (χ4v) is 6.70. The average molecular weight is 874 g/mol. The largest absolute Gasteiger partial charge is 0.507 e. The molecule has 0 bridgehead atoms. The van der Waals surface area contributed by atoms with Crippen LogP contribution in [0, 0.1) is 6.07 Å². The van der Waals surface area contributed by atoms with Crippen molar-refractivity contribution in [3.63, 3.8) is 0 Å². The Morgan fingerprint density at radius 1 is 0.566 bits per heavy atom. The Balaban J connectivity index is 0.00000435. The van der Waals surface area contributed by atoms with Crippen LogP contribution in [-0.4, -0.2) is 20.1 Å². The van der Waals surface area contributed by atoms with Crippen molar-refractivity contribution < 1.29 is 30.6 Å². The first-order chi connectivity index (χ1) is 24.9. The van der Waals surface area contributed by atoms with Crippen LogP contribution in [0.2, 0.25) is 0 Å². The summed E-state index contributed by atoms with van der Waals surface area (Å²) < 4.78 is 6.50. The summed E-state index contributed by atoms with van der Waals surface area (Å²) in [5.74, 6) is 0.494. The number of hydrogen-bond acceptors (Lipinski definition) is 5. The fourth-order valence-electron chi connectivity index (χ4n) is 6.70. The monoisotopic (exact) mass is 873 g/mol. The van der Waals surface area contributed by atoms with Crippen LogP contribution in [-0.2, 0) is 31.9 Å². The topological polar surface area (TPSA) is 72.0 Å². The summed E-state index contributed by atoms with van der Waals surface area (Å²) in [4.78, 5) is 14.7. The number of phenols is 1. The van der Waals surface area contributed by atoms with Gasteiger partial charge in [0.1, 0.15) is 11.3 Å². The van der Waals surface area contributed by atoms with Crippen molar-refractivity contribution >= 4 is 22.0 Å². The quantitative estimate of drug-likeness (QED) is 0.174. The minimum absolute atomic E-state index is 0. The number of rotatable bonds is 5. The van der Waals surface area contributed by atoms with Crippen molar-refractivity contribution in [2.75, 3.05) is 0 Å². The number of hydrogen-bond donors (Lipinski definition) is 1. The second-order valence-electron chi connectivity index (χ2n) is 15.5. The van der Waals surface area contributed by atoms with Crippen LogP contribution in [0.5, 0.6) is 5.75 Å². The van der Waals surface area contributed by atoms with Crippen LogP contribution >= 0.6 is 0 Å². The zero-order valence-electron chi connectivity index (χ0n) is 30.6.